The first-order valence-corrected chi connectivity index (χ1v) is 9.08. The molecule has 5 nitrogen and oxygen atoms in total. The Bertz CT molecular complexity index is 1260. The maximum atomic E-state index is 4.42. The Kier molecular flexibility index (Phi) is 3.53. The predicted molar refractivity (Wildman–Crippen MR) is 108 cm³/mol. The molecular weight excluding hydrogens is 334 g/mol. The topological polar surface area (TPSA) is 58.9 Å². The van der Waals surface area contributed by atoms with Crippen molar-refractivity contribution in [1.82, 2.24) is 24.8 Å². The number of rotatable bonds is 3. The molecule has 5 heteroatoms. The number of H-pyrrole nitrogens is 1. The van der Waals surface area contributed by atoms with Crippen LogP contribution in [0.2, 0.25) is 0 Å². The van der Waals surface area contributed by atoms with Crippen molar-refractivity contribution in [2.45, 2.75) is 19.8 Å². The van der Waals surface area contributed by atoms with E-state index in [0.29, 0.717) is 5.92 Å². The molecule has 0 bridgehead atoms. The SMILES string of the molecule is CC(C)c1cccc(-c2ccc3nnc(-c4ccc5[nH]ncc5c4)n3c2)c1. The summed E-state index contributed by atoms with van der Waals surface area (Å²) in [5, 5.41) is 16.9. The van der Waals surface area contributed by atoms with Gasteiger partial charge >= 0.3 is 0 Å². The van der Waals surface area contributed by atoms with Gasteiger partial charge < -0.3 is 0 Å². The highest BCUT2D eigenvalue weighted by atomic mass is 15.2. The minimum absolute atomic E-state index is 0.501. The number of benzene rings is 2. The van der Waals surface area contributed by atoms with Crippen LogP contribution in [0.15, 0.2) is 67.0 Å². The van der Waals surface area contributed by atoms with Crippen molar-refractivity contribution < 1.29 is 0 Å². The van der Waals surface area contributed by atoms with Crippen molar-refractivity contribution in [2.24, 2.45) is 0 Å². The second-order valence-electron chi connectivity index (χ2n) is 7.12. The Labute approximate surface area is 156 Å². The first-order chi connectivity index (χ1) is 13.2. The molecule has 2 aromatic carbocycles. The molecule has 0 radical (unpaired) electrons. The molecule has 27 heavy (non-hydrogen) atoms. The summed E-state index contributed by atoms with van der Waals surface area (Å²) < 4.78 is 2.05. The van der Waals surface area contributed by atoms with Crippen LogP contribution in [0.25, 0.3) is 39.1 Å². The van der Waals surface area contributed by atoms with Crippen LogP contribution < -0.4 is 0 Å². The van der Waals surface area contributed by atoms with Gasteiger partial charge in [0.2, 0.25) is 0 Å². The lowest BCUT2D eigenvalue weighted by atomic mass is 9.98. The van der Waals surface area contributed by atoms with Crippen LogP contribution in [0.3, 0.4) is 0 Å². The zero-order chi connectivity index (χ0) is 18.4. The molecule has 132 valence electrons. The number of pyridine rings is 1. The molecule has 0 unspecified atom stereocenters. The molecule has 0 fully saturated rings. The molecule has 0 aliphatic carbocycles. The summed E-state index contributed by atoms with van der Waals surface area (Å²) in [5.74, 6) is 1.33. The highest BCUT2D eigenvalue weighted by Gasteiger charge is 2.11. The van der Waals surface area contributed by atoms with Crippen LogP contribution >= 0.6 is 0 Å². The molecule has 0 aliphatic rings. The fourth-order valence-electron chi connectivity index (χ4n) is 3.42. The minimum Gasteiger partial charge on any atom is -0.282 e. The van der Waals surface area contributed by atoms with Crippen LogP contribution in [0.1, 0.15) is 25.3 Å². The smallest absolute Gasteiger partial charge is 0.168 e. The van der Waals surface area contributed by atoms with Crippen molar-refractivity contribution in [1.29, 1.82) is 0 Å². The monoisotopic (exact) mass is 353 g/mol. The molecule has 0 saturated carbocycles. The molecule has 0 saturated heterocycles. The second-order valence-corrected chi connectivity index (χ2v) is 7.12. The number of fused-ring (bicyclic) bond motifs is 2. The predicted octanol–water partition coefficient (Wildman–Crippen LogP) is 5.06. The van der Waals surface area contributed by atoms with E-state index in [0.717, 1.165) is 33.5 Å². The van der Waals surface area contributed by atoms with E-state index in [9.17, 15) is 0 Å². The van der Waals surface area contributed by atoms with E-state index >= 15 is 0 Å². The van der Waals surface area contributed by atoms with Gasteiger partial charge in [-0.25, -0.2) is 0 Å². The van der Waals surface area contributed by atoms with Crippen molar-refractivity contribution in [3.8, 4) is 22.5 Å². The Morgan fingerprint density at radius 1 is 0.889 bits per heavy atom. The maximum Gasteiger partial charge on any atom is 0.168 e. The molecule has 0 atom stereocenters. The number of aromatic amines is 1. The van der Waals surface area contributed by atoms with Crippen LogP contribution in [0.5, 0.6) is 0 Å². The van der Waals surface area contributed by atoms with Gasteiger partial charge in [0.1, 0.15) is 0 Å². The lowest BCUT2D eigenvalue weighted by molar-refractivity contribution is 0.867. The summed E-state index contributed by atoms with van der Waals surface area (Å²) in [6, 6.07) is 19.0. The van der Waals surface area contributed by atoms with Crippen LogP contribution in [0.4, 0.5) is 0 Å². The van der Waals surface area contributed by atoms with Gasteiger partial charge in [0.25, 0.3) is 0 Å². The van der Waals surface area contributed by atoms with E-state index in [1.807, 2.05) is 24.4 Å². The first kappa shape index (κ1) is 15.8. The number of hydrogen-bond donors (Lipinski definition) is 1. The standard InChI is InChI=1S/C22H19N5/c1-14(2)15-4-3-5-16(10-15)18-7-9-21-25-26-22(27(21)13-18)17-6-8-20-19(11-17)12-23-24-20/h3-14H,1-2H3,(H,23,24). The van der Waals surface area contributed by atoms with E-state index in [1.54, 1.807) is 0 Å². The molecule has 0 spiro atoms. The van der Waals surface area contributed by atoms with E-state index in [2.05, 4.69) is 81.2 Å². The lowest BCUT2D eigenvalue weighted by Gasteiger charge is -2.09. The van der Waals surface area contributed by atoms with Gasteiger partial charge in [0, 0.05) is 17.1 Å². The number of aromatic nitrogens is 5. The van der Waals surface area contributed by atoms with Gasteiger partial charge in [-0.2, -0.15) is 5.10 Å². The third kappa shape index (κ3) is 2.68. The van der Waals surface area contributed by atoms with Gasteiger partial charge in [-0.3, -0.25) is 9.50 Å². The summed E-state index contributed by atoms with van der Waals surface area (Å²) in [7, 11) is 0. The van der Waals surface area contributed by atoms with Crippen LogP contribution in [0, 0.1) is 0 Å². The summed E-state index contributed by atoms with van der Waals surface area (Å²) in [5.41, 5.74) is 6.55. The highest BCUT2D eigenvalue weighted by molar-refractivity contribution is 5.83. The van der Waals surface area contributed by atoms with Gasteiger partial charge in [0.05, 0.1) is 11.7 Å². The molecule has 0 aliphatic heterocycles. The summed E-state index contributed by atoms with van der Waals surface area (Å²) in [4.78, 5) is 0. The quantitative estimate of drug-likeness (QED) is 0.493. The highest BCUT2D eigenvalue weighted by Crippen LogP contribution is 2.27. The Hall–Kier alpha value is -3.47. The normalized spacial score (nSPS) is 11.7. The van der Waals surface area contributed by atoms with Crippen molar-refractivity contribution >= 4 is 16.6 Å². The van der Waals surface area contributed by atoms with E-state index < -0.39 is 0 Å². The fraction of sp³-hybridized carbons (Fsp3) is 0.136. The third-order valence-corrected chi connectivity index (χ3v) is 4.99. The van der Waals surface area contributed by atoms with Gasteiger partial charge in [-0.05, 0) is 52.9 Å². The average Bonchev–Trinajstić information content (AvgIpc) is 3.33. The summed E-state index contributed by atoms with van der Waals surface area (Å²) in [6.45, 7) is 4.43. The number of nitrogens with one attached hydrogen (secondary N) is 1. The van der Waals surface area contributed by atoms with Crippen molar-refractivity contribution in [3.05, 3.63) is 72.6 Å². The average molecular weight is 353 g/mol. The minimum atomic E-state index is 0.501. The van der Waals surface area contributed by atoms with Gasteiger partial charge in [-0.1, -0.05) is 38.1 Å². The zero-order valence-corrected chi connectivity index (χ0v) is 15.2. The molecular formula is C22H19N5. The van der Waals surface area contributed by atoms with Crippen molar-refractivity contribution in [2.75, 3.05) is 0 Å². The van der Waals surface area contributed by atoms with Crippen LogP contribution in [-0.2, 0) is 0 Å². The third-order valence-electron chi connectivity index (χ3n) is 4.99. The van der Waals surface area contributed by atoms with Crippen LogP contribution in [-0.4, -0.2) is 24.8 Å². The fourth-order valence-corrected chi connectivity index (χ4v) is 3.42. The first-order valence-electron chi connectivity index (χ1n) is 9.08. The Morgan fingerprint density at radius 3 is 2.67 bits per heavy atom. The summed E-state index contributed by atoms with van der Waals surface area (Å²) in [6.07, 6.45) is 3.94. The number of nitrogens with zero attached hydrogens (tertiary/aromatic N) is 4. The Balaban J connectivity index is 1.65. The van der Waals surface area contributed by atoms with E-state index in [-0.39, 0.29) is 0 Å². The van der Waals surface area contributed by atoms with E-state index in [1.165, 1.54) is 11.1 Å². The summed E-state index contributed by atoms with van der Waals surface area (Å²) >= 11 is 0. The Morgan fingerprint density at radius 2 is 1.78 bits per heavy atom. The molecule has 1 N–H and O–H groups in total. The molecule has 3 heterocycles. The second kappa shape index (κ2) is 6.06. The molecule has 5 rings (SSSR count). The van der Waals surface area contributed by atoms with Gasteiger partial charge in [0.15, 0.2) is 11.5 Å². The van der Waals surface area contributed by atoms with Crippen molar-refractivity contribution in [3.63, 3.8) is 0 Å². The largest absolute Gasteiger partial charge is 0.282 e. The zero-order valence-electron chi connectivity index (χ0n) is 15.2. The maximum absolute atomic E-state index is 4.42. The molecule has 0 amide bonds. The van der Waals surface area contributed by atoms with E-state index in [4.69, 9.17) is 0 Å². The van der Waals surface area contributed by atoms with Gasteiger partial charge in [-0.15, -0.1) is 10.2 Å². The molecule has 3 aromatic heterocycles. The molecule has 5 aromatic rings. The lowest BCUT2D eigenvalue weighted by Crippen LogP contribution is -1.92. The number of hydrogen-bond acceptors (Lipinski definition) is 3.